The number of aryl methyl sites for hydroxylation is 1. The Kier molecular flexibility index (Phi) is 9.90. The largest absolute Gasteiger partial charge is 0.379 e. The molecule has 0 aliphatic heterocycles. The highest BCUT2D eigenvalue weighted by molar-refractivity contribution is 5.95. The molecule has 0 fully saturated rings. The van der Waals surface area contributed by atoms with Crippen molar-refractivity contribution in [3.05, 3.63) is 47.8 Å². The van der Waals surface area contributed by atoms with Crippen molar-refractivity contribution in [2.75, 3.05) is 32.2 Å². The fourth-order valence-corrected chi connectivity index (χ4v) is 2.44. The summed E-state index contributed by atoms with van der Waals surface area (Å²) in [5, 5.41) is 10.1. The molecule has 1 unspecified atom stereocenters. The van der Waals surface area contributed by atoms with Gasteiger partial charge >= 0.3 is 0 Å². The average molecular weight is 383 g/mol. The van der Waals surface area contributed by atoms with Crippen LogP contribution in [0.25, 0.3) is 0 Å². The van der Waals surface area contributed by atoms with Crippen LogP contribution in [0.5, 0.6) is 0 Å². The van der Waals surface area contributed by atoms with Crippen molar-refractivity contribution < 1.29 is 14.3 Å². The Balaban J connectivity index is 0.00000338. The molecule has 0 saturated carbocycles. The highest BCUT2D eigenvalue weighted by Crippen LogP contribution is 2.16. The number of nitrogens with one attached hydrogen (secondary N) is 2. The summed E-state index contributed by atoms with van der Waals surface area (Å²) in [6, 6.07) is 7.17. The third-order valence-corrected chi connectivity index (χ3v) is 3.65. The van der Waals surface area contributed by atoms with Gasteiger partial charge in [0, 0.05) is 31.1 Å². The van der Waals surface area contributed by atoms with E-state index in [0.29, 0.717) is 26.4 Å². The summed E-state index contributed by atoms with van der Waals surface area (Å²) in [4.78, 5) is 12.5. The summed E-state index contributed by atoms with van der Waals surface area (Å²) < 4.78 is 12.5. The first-order chi connectivity index (χ1) is 12.1. The van der Waals surface area contributed by atoms with E-state index in [9.17, 15) is 4.79 Å². The number of carbonyl (C=O) groups excluding carboxylic acids is 1. The lowest BCUT2D eigenvalue weighted by Gasteiger charge is -2.15. The SMILES string of the molecule is CCOCCOCc1cccc(NC(=O)C(NC)c2cnn(C)c2)c1.Cl. The molecular weight excluding hydrogens is 356 g/mol. The number of anilines is 1. The number of hydrogen-bond acceptors (Lipinski definition) is 5. The van der Waals surface area contributed by atoms with Gasteiger partial charge in [0.2, 0.25) is 5.91 Å². The van der Waals surface area contributed by atoms with Crippen LogP contribution in [-0.4, -0.2) is 42.6 Å². The minimum atomic E-state index is -0.459. The Morgan fingerprint density at radius 1 is 1.31 bits per heavy atom. The van der Waals surface area contributed by atoms with Crippen LogP contribution >= 0.6 is 12.4 Å². The van der Waals surface area contributed by atoms with Crippen LogP contribution in [0.2, 0.25) is 0 Å². The van der Waals surface area contributed by atoms with E-state index in [1.54, 1.807) is 17.9 Å². The topological polar surface area (TPSA) is 77.4 Å². The Hall–Kier alpha value is -1.93. The predicted octanol–water partition coefficient (Wildman–Crippen LogP) is 2.29. The van der Waals surface area contributed by atoms with Gasteiger partial charge in [-0.3, -0.25) is 9.48 Å². The van der Waals surface area contributed by atoms with E-state index < -0.39 is 6.04 Å². The summed E-state index contributed by atoms with van der Waals surface area (Å²) in [5.74, 6) is -0.134. The first kappa shape index (κ1) is 22.1. The molecule has 2 N–H and O–H groups in total. The highest BCUT2D eigenvalue weighted by atomic mass is 35.5. The quantitative estimate of drug-likeness (QED) is 0.616. The van der Waals surface area contributed by atoms with Crippen LogP contribution in [0, 0.1) is 0 Å². The predicted molar refractivity (Wildman–Crippen MR) is 103 cm³/mol. The molecule has 2 rings (SSSR count). The number of aromatic nitrogens is 2. The molecule has 1 amide bonds. The molecule has 1 aromatic carbocycles. The van der Waals surface area contributed by atoms with E-state index >= 15 is 0 Å². The molecule has 0 bridgehead atoms. The van der Waals surface area contributed by atoms with Gasteiger partial charge in [0.25, 0.3) is 0 Å². The maximum atomic E-state index is 12.5. The second-order valence-electron chi connectivity index (χ2n) is 5.61. The number of benzene rings is 1. The minimum absolute atomic E-state index is 0. The number of hydrogen-bond donors (Lipinski definition) is 2. The third kappa shape index (κ3) is 6.76. The molecule has 7 nitrogen and oxygen atoms in total. The summed E-state index contributed by atoms with van der Waals surface area (Å²) in [6.45, 7) is 4.26. The minimum Gasteiger partial charge on any atom is -0.379 e. The number of halogens is 1. The lowest BCUT2D eigenvalue weighted by molar-refractivity contribution is -0.118. The monoisotopic (exact) mass is 382 g/mol. The summed E-state index contributed by atoms with van der Waals surface area (Å²) in [5.41, 5.74) is 2.55. The van der Waals surface area contributed by atoms with E-state index in [1.165, 1.54) is 0 Å². The summed E-state index contributed by atoms with van der Waals surface area (Å²) in [7, 11) is 3.57. The first-order valence-electron chi connectivity index (χ1n) is 8.35. The van der Waals surface area contributed by atoms with Crippen LogP contribution in [0.3, 0.4) is 0 Å². The van der Waals surface area contributed by atoms with Crippen molar-refractivity contribution in [2.24, 2.45) is 7.05 Å². The van der Waals surface area contributed by atoms with Gasteiger partial charge in [-0.2, -0.15) is 5.10 Å². The molecule has 144 valence electrons. The summed E-state index contributed by atoms with van der Waals surface area (Å²) in [6.07, 6.45) is 3.51. The first-order valence-corrected chi connectivity index (χ1v) is 8.35. The second-order valence-corrected chi connectivity index (χ2v) is 5.61. The lowest BCUT2D eigenvalue weighted by atomic mass is 10.1. The molecule has 26 heavy (non-hydrogen) atoms. The molecule has 0 aliphatic rings. The fraction of sp³-hybridized carbons (Fsp3) is 0.444. The molecule has 0 radical (unpaired) electrons. The maximum absolute atomic E-state index is 12.5. The van der Waals surface area contributed by atoms with E-state index in [4.69, 9.17) is 9.47 Å². The molecule has 0 aliphatic carbocycles. The van der Waals surface area contributed by atoms with Crippen LogP contribution in [0.1, 0.15) is 24.1 Å². The fourth-order valence-electron chi connectivity index (χ4n) is 2.44. The number of nitrogens with zero attached hydrogens (tertiary/aromatic N) is 2. The molecule has 0 spiro atoms. The van der Waals surface area contributed by atoms with Crippen LogP contribution in [0.4, 0.5) is 5.69 Å². The number of ether oxygens (including phenoxy) is 2. The van der Waals surface area contributed by atoms with Gasteiger partial charge in [-0.15, -0.1) is 12.4 Å². The number of carbonyl (C=O) groups is 1. The van der Waals surface area contributed by atoms with Gasteiger partial charge < -0.3 is 20.1 Å². The molecule has 1 atom stereocenters. The number of rotatable bonds is 10. The average Bonchev–Trinajstić information content (AvgIpc) is 3.02. The van der Waals surface area contributed by atoms with Crippen molar-refractivity contribution in [1.29, 1.82) is 0 Å². The molecule has 1 aromatic heterocycles. The van der Waals surface area contributed by atoms with Gasteiger partial charge in [-0.1, -0.05) is 12.1 Å². The number of likely N-dealkylation sites (N-methyl/N-ethyl adjacent to an activating group) is 1. The summed E-state index contributed by atoms with van der Waals surface area (Å²) >= 11 is 0. The van der Waals surface area contributed by atoms with Crippen molar-refractivity contribution in [1.82, 2.24) is 15.1 Å². The zero-order valence-electron chi connectivity index (χ0n) is 15.4. The molecule has 1 heterocycles. The molecule has 0 saturated heterocycles. The van der Waals surface area contributed by atoms with Crippen LogP contribution in [-0.2, 0) is 27.9 Å². The van der Waals surface area contributed by atoms with Gasteiger partial charge in [0.1, 0.15) is 6.04 Å². The molecule has 8 heteroatoms. The lowest BCUT2D eigenvalue weighted by Crippen LogP contribution is -2.30. The van der Waals surface area contributed by atoms with E-state index in [2.05, 4.69) is 15.7 Å². The smallest absolute Gasteiger partial charge is 0.246 e. The van der Waals surface area contributed by atoms with Crippen molar-refractivity contribution in [3.8, 4) is 0 Å². The van der Waals surface area contributed by atoms with Crippen molar-refractivity contribution in [2.45, 2.75) is 19.6 Å². The molecular formula is C18H27ClN4O3. The van der Waals surface area contributed by atoms with Crippen molar-refractivity contribution in [3.63, 3.8) is 0 Å². The van der Waals surface area contributed by atoms with E-state index in [1.807, 2.05) is 44.4 Å². The van der Waals surface area contributed by atoms with Gasteiger partial charge in [-0.25, -0.2) is 0 Å². The highest BCUT2D eigenvalue weighted by Gasteiger charge is 2.20. The van der Waals surface area contributed by atoms with Gasteiger partial charge in [0.15, 0.2) is 0 Å². The Morgan fingerprint density at radius 3 is 2.73 bits per heavy atom. The normalized spacial score (nSPS) is 11.7. The van der Waals surface area contributed by atoms with Crippen LogP contribution < -0.4 is 10.6 Å². The van der Waals surface area contributed by atoms with Crippen LogP contribution in [0.15, 0.2) is 36.7 Å². The third-order valence-electron chi connectivity index (χ3n) is 3.65. The van der Waals surface area contributed by atoms with Gasteiger partial charge in [0.05, 0.1) is 26.0 Å². The zero-order valence-corrected chi connectivity index (χ0v) is 16.2. The Labute approximate surface area is 160 Å². The van der Waals surface area contributed by atoms with E-state index in [0.717, 1.165) is 16.8 Å². The standard InChI is InChI=1S/C18H26N4O3.ClH/c1-4-24-8-9-25-13-14-6-5-7-16(10-14)21-18(23)17(19-2)15-11-20-22(3)12-15;/h5-7,10-12,17,19H,4,8-9,13H2,1-3H3,(H,21,23);1H. The second kappa shape index (κ2) is 11.6. The maximum Gasteiger partial charge on any atom is 0.246 e. The zero-order chi connectivity index (χ0) is 18.1. The molecule has 2 aromatic rings. The number of amides is 1. The van der Waals surface area contributed by atoms with Crippen molar-refractivity contribution >= 4 is 24.0 Å². The Morgan fingerprint density at radius 2 is 2.08 bits per heavy atom. The van der Waals surface area contributed by atoms with E-state index in [-0.39, 0.29) is 18.3 Å². The Bertz CT molecular complexity index is 678. The van der Waals surface area contributed by atoms with Gasteiger partial charge in [-0.05, 0) is 31.7 Å².